The van der Waals surface area contributed by atoms with Gasteiger partial charge in [-0.15, -0.1) is 0 Å². The van der Waals surface area contributed by atoms with Gasteiger partial charge in [0.1, 0.15) is 0 Å². The number of hydrogen-bond donors (Lipinski definition) is 2. The number of nitrogens with zero attached hydrogens (tertiary/aromatic N) is 1. The summed E-state index contributed by atoms with van der Waals surface area (Å²) in [6, 6.07) is 15.4. The van der Waals surface area contributed by atoms with Gasteiger partial charge in [-0.25, -0.2) is 13.2 Å². The van der Waals surface area contributed by atoms with E-state index in [-0.39, 0.29) is 6.03 Å². The molecule has 2 N–H and O–H groups in total. The number of anilines is 2. The van der Waals surface area contributed by atoms with Crippen LogP contribution in [-0.2, 0) is 10.0 Å². The van der Waals surface area contributed by atoms with E-state index in [1.165, 1.54) is 11.0 Å². The second-order valence-corrected chi connectivity index (χ2v) is 6.80. The maximum atomic E-state index is 12.2. The van der Waals surface area contributed by atoms with Crippen LogP contribution in [0.5, 0.6) is 0 Å². The lowest BCUT2D eigenvalue weighted by Crippen LogP contribution is -2.27. The van der Waals surface area contributed by atoms with E-state index in [1.54, 1.807) is 50.5 Å². The van der Waals surface area contributed by atoms with E-state index in [9.17, 15) is 13.2 Å². The fourth-order valence-electron chi connectivity index (χ4n) is 1.83. The molecule has 0 heterocycles. The molecule has 0 spiro atoms. The van der Waals surface area contributed by atoms with Crippen molar-refractivity contribution in [2.75, 3.05) is 24.1 Å². The van der Waals surface area contributed by atoms with Gasteiger partial charge in [0, 0.05) is 14.1 Å². The molecule has 0 radical (unpaired) electrons. The Hall–Kier alpha value is -2.80. The van der Waals surface area contributed by atoms with Crippen molar-refractivity contribution < 1.29 is 13.2 Å². The topological polar surface area (TPSA) is 78.5 Å². The van der Waals surface area contributed by atoms with Crippen LogP contribution in [0.4, 0.5) is 16.2 Å². The second-order valence-electron chi connectivity index (χ2n) is 5.23. The minimum absolute atomic E-state index is 0.297. The molecule has 0 bridgehead atoms. The van der Waals surface area contributed by atoms with Gasteiger partial charge >= 0.3 is 6.03 Å². The summed E-state index contributed by atoms with van der Waals surface area (Å²) in [4.78, 5) is 13.1. The number of rotatable bonds is 5. The van der Waals surface area contributed by atoms with Crippen molar-refractivity contribution in [2.45, 2.75) is 0 Å². The maximum absolute atomic E-state index is 12.2. The molecule has 0 aliphatic heterocycles. The summed E-state index contributed by atoms with van der Waals surface area (Å²) in [5.74, 6) is 0. The number of sulfonamides is 1. The molecule has 0 aromatic heterocycles. The van der Waals surface area contributed by atoms with Crippen molar-refractivity contribution in [3.05, 3.63) is 65.6 Å². The normalized spacial score (nSPS) is 11.2. The third-order valence-corrected chi connectivity index (χ3v) is 4.07. The minimum Gasteiger partial charge on any atom is -0.331 e. The van der Waals surface area contributed by atoms with E-state index in [0.29, 0.717) is 11.4 Å². The fraction of sp³-hybridized carbons (Fsp3) is 0.118. The zero-order chi connectivity index (χ0) is 17.6. The molecular formula is C17H19N3O3S. The van der Waals surface area contributed by atoms with Gasteiger partial charge in [0.2, 0.25) is 0 Å². The Balaban J connectivity index is 2.18. The summed E-state index contributed by atoms with van der Waals surface area (Å²) in [7, 11) is -0.503. The number of urea groups is 1. The van der Waals surface area contributed by atoms with E-state index in [2.05, 4.69) is 10.0 Å². The van der Waals surface area contributed by atoms with Crippen LogP contribution in [0.3, 0.4) is 0 Å². The lowest BCUT2D eigenvalue weighted by atomic mass is 10.2. The first-order valence-electron chi connectivity index (χ1n) is 7.21. The molecule has 2 aromatic carbocycles. The average molecular weight is 345 g/mol. The van der Waals surface area contributed by atoms with Crippen molar-refractivity contribution >= 4 is 33.5 Å². The lowest BCUT2D eigenvalue weighted by molar-refractivity contribution is 0.230. The zero-order valence-corrected chi connectivity index (χ0v) is 14.2. The molecule has 6 nitrogen and oxygen atoms in total. The molecule has 0 saturated heterocycles. The molecular weight excluding hydrogens is 326 g/mol. The van der Waals surface area contributed by atoms with Crippen LogP contribution in [-0.4, -0.2) is 33.4 Å². The van der Waals surface area contributed by atoms with Gasteiger partial charge in [-0.2, -0.15) is 0 Å². The molecule has 126 valence electrons. The molecule has 0 atom stereocenters. The van der Waals surface area contributed by atoms with Crippen LogP contribution < -0.4 is 10.0 Å². The summed E-state index contributed by atoms with van der Waals surface area (Å²) in [6.45, 7) is 0. The molecule has 2 amide bonds. The molecule has 2 aromatic rings. The van der Waals surface area contributed by atoms with Gasteiger partial charge < -0.3 is 10.2 Å². The Morgan fingerprint density at radius 2 is 1.54 bits per heavy atom. The van der Waals surface area contributed by atoms with Gasteiger partial charge in [0.15, 0.2) is 0 Å². The number of nitrogens with one attached hydrogen (secondary N) is 2. The second kappa shape index (κ2) is 7.65. The first-order chi connectivity index (χ1) is 11.4. The van der Waals surface area contributed by atoms with Crippen LogP contribution in [0, 0.1) is 0 Å². The minimum atomic E-state index is -3.71. The molecule has 0 fully saturated rings. The monoisotopic (exact) mass is 345 g/mol. The van der Waals surface area contributed by atoms with Gasteiger partial charge in [-0.3, -0.25) is 4.72 Å². The van der Waals surface area contributed by atoms with E-state index in [0.717, 1.165) is 11.0 Å². The summed E-state index contributed by atoms with van der Waals surface area (Å²) in [6.07, 6.45) is 1.50. The highest BCUT2D eigenvalue weighted by Crippen LogP contribution is 2.23. The van der Waals surface area contributed by atoms with Gasteiger partial charge in [-0.05, 0) is 23.8 Å². The number of benzene rings is 2. The van der Waals surface area contributed by atoms with Crippen molar-refractivity contribution in [3.8, 4) is 0 Å². The Labute approximate surface area is 141 Å². The molecule has 0 aliphatic carbocycles. The lowest BCUT2D eigenvalue weighted by Gasteiger charge is -2.15. The van der Waals surface area contributed by atoms with Crippen LogP contribution >= 0.6 is 0 Å². The highest BCUT2D eigenvalue weighted by molar-refractivity contribution is 7.95. The Morgan fingerprint density at radius 1 is 0.958 bits per heavy atom. The summed E-state index contributed by atoms with van der Waals surface area (Å²) < 4.78 is 26.9. The average Bonchev–Trinajstić information content (AvgIpc) is 2.55. The van der Waals surface area contributed by atoms with Crippen molar-refractivity contribution in [2.24, 2.45) is 0 Å². The predicted octanol–water partition coefficient (Wildman–Crippen LogP) is 3.19. The third kappa shape index (κ3) is 5.13. The fourth-order valence-corrected chi connectivity index (χ4v) is 2.72. The SMILES string of the molecule is CN(C)C(=O)Nc1ccccc1NS(=O)(=O)/C=C/c1ccccc1. The first kappa shape index (κ1) is 17.6. The molecule has 7 heteroatoms. The Morgan fingerprint density at radius 3 is 2.17 bits per heavy atom. The van der Waals surface area contributed by atoms with Gasteiger partial charge in [0.05, 0.1) is 16.8 Å². The van der Waals surface area contributed by atoms with Crippen LogP contribution in [0.25, 0.3) is 6.08 Å². The number of amides is 2. The van der Waals surface area contributed by atoms with E-state index >= 15 is 0 Å². The third-order valence-electron chi connectivity index (χ3n) is 3.07. The van der Waals surface area contributed by atoms with Gasteiger partial charge in [0.25, 0.3) is 10.0 Å². The standard InChI is InChI=1S/C17H19N3O3S/c1-20(2)17(21)18-15-10-6-7-11-16(15)19-24(22,23)13-12-14-8-4-3-5-9-14/h3-13,19H,1-2H3,(H,18,21)/b13-12+. The molecule has 24 heavy (non-hydrogen) atoms. The number of carbonyl (C=O) groups is 1. The molecule has 0 saturated carbocycles. The van der Waals surface area contributed by atoms with E-state index < -0.39 is 10.0 Å². The van der Waals surface area contributed by atoms with Crippen molar-refractivity contribution in [1.29, 1.82) is 0 Å². The smallest absolute Gasteiger partial charge is 0.321 e. The molecule has 2 rings (SSSR count). The van der Waals surface area contributed by atoms with E-state index in [1.807, 2.05) is 18.2 Å². The number of para-hydroxylation sites is 2. The summed E-state index contributed by atoms with van der Waals surface area (Å²) in [5.41, 5.74) is 1.45. The highest BCUT2D eigenvalue weighted by atomic mass is 32.2. The molecule has 0 aliphatic rings. The summed E-state index contributed by atoms with van der Waals surface area (Å²) in [5, 5.41) is 3.73. The van der Waals surface area contributed by atoms with Crippen LogP contribution in [0.15, 0.2) is 60.0 Å². The zero-order valence-electron chi connectivity index (χ0n) is 13.4. The quantitative estimate of drug-likeness (QED) is 0.873. The predicted molar refractivity (Wildman–Crippen MR) is 97.2 cm³/mol. The van der Waals surface area contributed by atoms with Crippen molar-refractivity contribution in [3.63, 3.8) is 0 Å². The Bertz CT molecular complexity index is 831. The molecule has 0 unspecified atom stereocenters. The van der Waals surface area contributed by atoms with Crippen LogP contribution in [0.1, 0.15) is 5.56 Å². The van der Waals surface area contributed by atoms with Crippen LogP contribution in [0.2, 0.25) is 0 Å². The largest absolute Gasteiger partial charge is 0.331 e. The number of hydrogen-bond acceptors (Lipinski definition) is 3. The summed E-state index contributed by atoms with van der Waals surface area (Å²) >= 11 is 0. The number of carbonyl (C=O) groups excluding carboxylic acids is 1. The highest BCUT2D eigenvalue weighted by Gasteiger charge is 2.12. The van der Waals surface area contributed by atoms with Crippen molar-refractivity contribution in [1.82, 2.24) is 4.90 Å². The Kier molecular flexibility index (Phi) is 5.59. The van der Waals surface area contributed by atoms with Gasteiger partial charge in [-0.1, -0.05) is 42.5 Å². The first-order valence-corrected chi connectivity index (χ1v) is 8.75. The van der Waals surface area contributed by atoms with E-state index in [4.69, 9.17) is 0 Å². The maximum Gasteiger partial charge on any atom is 0.321 e.